The van der Waals surface area contributed by atoms with Gasteiger partial charge in [-0.3, -0.25) is 0 Å². The van der Waals surface area contributed by atoms with Crippen molar-refractivity contribution in [1.29, 1.82) is 0 Å². The molecule has 0 saturated heterocycles. The third-order valence-corrected chi connectivity index (χ3v) is 5.25. The quantitative estimate of drug-likeness (QED) is 0.614. The predicted octanol–water partition coefficient (Wildman–Crippen LogP) is 5.64. The molecular formula is C18H19NS. The van der Waals surface area contributed by atoms with Crippen LogP contribution in [0, 0.1) is 13.8 Å². The van der Waals surface area contributed by atoms with Gasteiger partial charge in [-0.15, -0.1) is 11.8 Å². The molecule has 0 spiro atoms. The van der Waals surface area contributed by atoms with Crippen molar-refractivity contribution in [3.05, 3.63) is 65.4 Å². The second-order valence-corrected chi connectivity index (χ2v) is 6.62. The Morgan fingerprint density at radius 1 is 0.950 bits per heavy atom. The van der Waals surface area contributed by atoms with Gasteiger partial charge >= 0.3 is 0 Å². The molecule has 0 aliphatic carbocycles. The Labute approximate surface area is 124 Å². The SMILES string of the molecule is Cc1cccc(C)c1SC(C)c1c[nH]c2ccccc12. The van der Waals surface area contributed by atoms with Crippen molar-refractivity contribution in [3.8, 4) is 0 Å². The molecule has 1 atom stereocenters. The van der Waals surface area contributed by atoms with Crippen LogP contribution in [0.3, 0.4) is 0 Å². The lowest BCUT2D eigenvalue weighted by Gasteiger charge is -2.14. The fraction of sp³-hybridized carbons (Fsp3) is 0.222. The number of aryl methyl sites for hydroxylation is 2. The van der Waals surface area contributed by atoms with Crippen molar-refractivity contribution in [2.24, 2.45) is 0 Å². The van der Waals surface area contributed by atoms with Gasteiger partial charge in [-0.2, -0.15) is 0 Å². The zero-order valence-corrected chi connectivity index (χ0v) is 12.9. The summed E-state index contributed by atoms with van der Waals surface area (Å²) in [7, 11) is 0. The van der Waals surface area contributed by atoms with Gasteiger partial charge < -0.3 is 4.98 Å². The molecule has 20 heavy (non-hydrogen) atoms. The molecule has 0 fully saturated rings. The molecule has 0 aliphatic heterocycles. The van der Waals surface area contributed by atoms with Crippen LogP contribution in [-0.2, 0) is 0 Å². The van der Waals surface area contributed by atoms with E-state index in [2.05, 4.69) is 74.4 Å². The van der Waals surface area contributed by atoms with E-state index in [0.29, 0.717) is 5.25 Å². The average molecular weight is 281 g/mol. The molecule has 0 radical (unpaired) electrons. The van der Waals surface area contributed by atoms with Crippen LogP contribution in [0.25, 0.3) is 10.9 Å². The highest BCUT2D eigenvalue weighted by molar-refractivity contribution is 7.99. The molecule has 0 saturated carbocycles. The Morgan fingerprint density at radius 3 is 2.40 bits per heavy atom. The van der Waals surface area contributed by atoms with Crippen molar-refractivity contribution >= 4 is 22.7 Å². The van der Waals surface area contributed by atoms with Crippen LogP contribution in [0.1, 0.15) is 28.9 Å². The summed E-state index contributed by atoms with van der Waals surface area (Å²) in [6, 6.07) is 15.0. The normalized spacial score (nSPS) is 12.8. The summed E-state index contributed by atoms with van der Waals surface area (Å²) in [4.78, 5) is 4.78. The van der Waals surface area contributed by atoms with Crippen molar-refractivity contribution in [1.82, 2.24) is 4.98 Å². The zero-order valence-electron chi connectivity index (χ0n) is 12.1. The number of fused-ring (bicyclic) bond motifs is 1. The third-order valence-electron chi connectivity index (χ3n) is 3.76. The molecule has 2 aromatic carbocycles. The first kappa shape index (κ1) is 13.3. The number of nitrogens with one attached hydrogen (secondary N) is 1. The maximum Gasteiger partial charge on any atom is 0.0457 e. The highest BCUT2D eigenvalue weighted by atomic mass is 32.2. The van der Waals surface area contributed by atoms with Crippen molar-refractivity contribution in [2.45, 2.75) is 30.9 Å². The van der Waals surface area contributed by atoms with Gasteiger partial charge in [0, 0.05) is 27.2 Å². The van der Waals surface area contributed by atoms with E-state index in [1.807, 2.05) is 11.8 Å². The molecule has 1 aromatic heterocycles. The Kier molecular flexibility index (Phi) is 3.58. The number of hydrogen-bond donors (Lipinski definition) is 1. The summed E-state index contributed by atoms with van der Waals surface area (Å²) in [6.45, 7) is 6.67. The second-order valence-electron chi connectivity index (χ2n) is 5.27. The Hall–Kier alpha value is -1.67. The highest BCUT2D eigenvalue weighted by Gasteiger charge is 2.14. The lowest BCUT2D eigenvalue weighted by atomic mass is 10.1. The van der Waals surface area contributed by atoms with E-state index < -0.39 is 0 Å². The molecule has 3 rings (SSSR count). The zero-order chi connectivity index (χ0) is 14.1. The predicted molar refractivity (Wildman–Crippen MR) is 88.5 cm³/mol. The molecule has 102 valence electrons. The third kappa shape index (κ3) is 2.36. The minimum Gasteiger partial charge on any atom is -0.361 e. The number of aromatic amines is 1. The van der Waals surface area contributed by atoms with Crippen molar-refractivity contribution in [3.63, 3.8) is 0 Å². The van der Waals surface area contributed by atoms with Crippen LogP contribution in [0.15, 0.2) is 53.6 Å². The maximum atomic E-state index is 3.37. The summed E-state index contributed by atoms with van der Waals surface area (Å²) < 4.78 is 0. The standard InChI is InChI=1S/C18H19NS/c1-12-7-6-8-13(2)18(12)20-14(3)16-11-19-17-10-5-4-9-15(16)17/h4-11,14,19H,1-3H3. The molecule has 2 heteroatoms. The Morgan fingerprint density at radius 2 is 1.65 bits per heavy atom. The topological polar surface area (TPSA) is 15.8 Å². The summed E-state index contributed by atoms with van der Waals surface area (Å²) >= 11 is 1.95. The summed E-state index contributed by atoms with van der Waals surface area (Å²) in [6.07, 6.45) is 2.15. The van der Waals surface area contributed by atoms with E-state index in [0.717, 1.165) is 0 Å². The van der Waals surface area contributed by atoms with E-state index in [9.17, 15) is 0 Å². The van der Waals surface area contributed by atoms with Crippen LogP contribution >= 0.6 is 11.8 Å². The second kappa shape index (κ2) is 5.37. The van der Waals surface area contributed by atoms with Gasteiger partial charge in [0.15, 0.2) is 0 Å². The van der Waals surface area contributed by atoms with Crippen LogP contribution in [0.4, 0.5) is 0 Å². The van der Waals surface area contributed by atoms with Crippen LogP contribution in [-0.4, -0.2) is 4.98 Å². The van der Waals surface area contributed by atoms with Gasteiger partial charge in [0.2, 0.25) is 0 Å². The number of H-pyrrole nitrogens is 1. The van der Waals surface area contributed by atoms with Gasteiger partial charge in [0.05, 0.1) is 0 Å². The van der Waals surface area contributed by atoms with Crippen molar-refractivity contribution in [2.75, 3.05) is 0 Å². The number of para-hydroxylation sites is 1. The van der Waals surface area contributed by atoms with Gasteiger partial charge in [0.25, 0.3) is 0 Å². The number of thioether (sulfide) groups is 1. The van der Waals surface area contributed by atoms with E-state index in [4.69, 9.17) is 0 Å². The number of benzene rings is 2. The smallest absolute Gasteiger partial charge is 0.0457 e. The number of rotatable bonds is 3. The van der Waals surface area contributed by atoms with E-state index >= 15 is 0 Å². The molecule has 0 aliphatic rings. The number of hydrogen-bond acceptors (Lipinski definition) is 1. The molecule has 0 bridgehead atoms. The van der Waals surface area contributed by atoms with Crippen molar-refractivity contribution < 1.29 is 0 Å². The lowest BCUT2D eigenvalue weighted by Crippen LogP contribution is -1.91. The van der Waals surface area contributed by atoms with Crippen LogP contribution in [0.2, 0.25) is 0 Å². The van der Waals surface area contributed by atoms with E-state index in [-0.39, 0.29) is 0 Å². The largest absolute Gasteiger partial charge is 0.361 e. The minimum absolute atomic E-state index is 0.436. The van der Waals surface area contributed by atoms with E-state index in [1.54, 1.807) is 0 Å². The first-order valence-electron chi connectivity index (χ1n) is 6.95. The fourth-order valence-electron chi connectivity index (χ4n) is 2.66. The minimum atomic E-state index is 0.436. The molecule has 3 aromatic rings. The van der Waals surface area contributed by atoms with Gasteiger partial charge in [0.1, 0.15) is 0 Å². The molecule has 1 heterocycles. The average Bonchev–Trinajstić information content (AvgIpc) is 2.87. The van der Waals surface area contributed by atoms with E-state index in [1.165, 1.54) is 32.5 Å². The Bertz CT molecular complexity index is 722. The first-order valence-corrected chi connectivity index (χ1v) is 7.83. The lowest BCUT2D eigenvalue weighted by molar-refractivity contribution is 1.10. The van der Waals surface area contributed by atoms with Gasteiger partial charge in [-0.05, 0) is 43.5 Å². The number of aromatic nitrogens is 1. The maximum absolute atomic E-state index is 3.37. The summed E-state index contributed by atoms with van der Waals surface area (Å²) in [5.74, 6) is 0. The van der Waals surface area contributed by atoms with Gasteiger partial charge in [-0.25, -0.2) is 0 Å². The van der Waals surface area contributed by atoms with Crippen LogP contribution in [0.5, 0.6) is 0 Å². The molecular weight excluding hydrogens is 262 g/mol. The highest BCUT2D eigenvalue weighted by Crippen LogP contribution is 2.40. The first-order chi connectivity index (χ1) is 9.66. The van der Waals surface area contributed by atoms with Crippen LogP contribution < -0.4 is 0 Å². The van der Waals surface area contributed by atoms with Gasteiger partial charge in [-0.1, -0.05) is 36.4 Å². The molecule has 0 amide bonds. The molecule has 1 nitrogen and oxygen atoms in total. The summed E-state index contributed by atoms with van der Waals surface area (Å²) in [5, 5.41) is 1.77. The molecule has 1 unspecified atom stereocenters. The fourth-order valence-corrected chi connectivity index (χ4v) is 3.84. The monoisotopic (exact) mass is 281 g/mol. The molecule has 1 N–H and O–H groups in total. The Balaban J connectivity index is 1.95. The summed E-state index contributed by atoms with van der Waals surface area (Å²) in [5.41, 5.74) is 5.33.